The van der Waals surface area contributed by atoms with Crippen molar-refractivity contribution >= 4 is 34.1 Å². The van der Waals surface area contributed by atoms with Crippen LogP contribution in [0.1, 0.15) is 12.8 Å². The maximum Gasteiger partial charge on any atom is 0.351 e. The van der Waals surface area contributed by atoms with Gasteiger partial charge in [0.25, 0.3) is 0 Å². The van der Waals surface area contributed by atoms with Gasteiger partial charge in [-0.1, -0.05) is 12.1 Å². The predicted octanol–water partition coefficient (Wildman–Crippen LogP) is 2.01. The standard InChI is InChI=1S/C22H20N6O4/c29-19(23-14-7-8-17-18(11-14)32-13-31-17)12-27-22(30)28-16-6-2-1-5-15(16)24-20(21(28)25-27)26-9-3-4-10-26/h1-2,5-8,11H,3-4,9-10,12-13H2,(H,23,29). The quantitative estimate of drug-likeness (QED) is 0.526. The van der Waals surface area contributed by atoms with Gasteiger partial charge in [0, 0.05) is 24.8 Å². The highest BCUT2D eigenvalue weighted by molar-refractivity contribution is 5.91. The summed E-state index contributed by atoms with van der Waals surface area (Å²) in [6, 6.07) is 12.6. The fraction of sp³-hybridized carbons (Fsp3) is 0.273. The number of fused-ring (bicyclic) bond motifs is 4. The fourth-order valence-electron chi connectivity index (χ4n) is 4.24. The van der Waals surface area contributed by atoms with Crippen LogP contribution >= 0.6 is 0 Å². The number of hydrogen-bond donors (Lipinski definition) is 1. The van der Waals surface area contributed by atoms with Crippen molar-refractivity contribution in [3.8, 4) is 11.5 Å². The Bertz CT molecular complexity index is 1420. The zero-order valence-corrected chi connectivity index (χ0v) is 17.2. The molecule has 4 heterocycles. The number of benzene rings is 2. The molecule has 0 bridgehead atoms. The summed E-state index contributed by atoms with van der Waals surface area (Å²) in [5.41, 5.74) is 2.03. The Labute approximate surface area is 182 Å². The van der Waals surface area contributed by atoms with E-state index in [4.69, 9.17) is 14.5 Å². The largest absolute Gasteiger partial charge is 0.454 e. The molecule has 10 heteroatoms. The van der Waals surface area contributed by atoms with Crippen molar-refractivity contribution in [3.05, 3.63) is 52.9 Å². The van der Waals surface area contributed by atoms with Crippen LogP contribution in [0.15, 0.2) is 47.3 Å². The summed E-state index contributed by atoms with van der Waals surface area (Å²) in [6.45, 7) is 1.67. The van der Waals surface area contributed by atoms with Crippen LogP contribution in [0.5, 0.6) is 11.5 Å². The van der Waals surface area contributed by atoms with Gasteiger partial charge >= 0.3 is 5.69 Å². The van der Waals surface area contributed by atoms with Crippen LogP contribution in [0.2, 0.25) is 0 Å². The Morgan fingerprint density at radius 2 is 1.88 bits per heavy atom. The van der Waals surface area contributed by atoms with Gasteiger partial charge < -0.3 is 19.7 Å². The van der Waals surface area contributed by atoms with E-state index in [9.17, 15) is 9.59 Å². The first-order valence-corrected chi connectivity index (χ1v) is 10.5. The third kappa shape index (κ3) is 3.03. The average Bonchev–Trinajstić information content (AvgIpc) is 3.54. The van der Waals surface area contributed by atoms with Gasteiger partial charge in [-0.3, -0.25) is 4.79 Å². The Balaban J connectivity index is 1.37. The van der Waals surface area contributed by atoms with Gasteiger partial charge in [-0.25, -0.2) is 18.9 Å². The van der Waals surface area contributed by atoms with Crippen molar-refractivity contribution in [1.29, 1.82) is 0 Å². The van der Waals surface area contributed by atoms with E-state index in [1.54, 1.807) is 22.6 Å². The van der Waals surface area contributed by atoms with E-state index >= 15 is 0 Å². The Kier molecular flexibility index (Phi) is 4.23. The molecule has 6 rings (SSSR count). The molecule has 1 saturated heterocycles. The van der Waals surface area contributed by atoms with Gasteiger partial charge in [0.2, 0.25) is 18.3 Å². The van der Waals surface area contributed by atoms with Crippen LogP contribution in [0.25, 0.3) is 16.7 Å². The van der Waals surface area contributed by atoms with Crippen LogP contribution in [-0.4, -0.2) is 45.0 Å². The summed E-state index contributed by atoms with van der Waals surface area (Å²) in [6.07, 6.45) is 2.15. The number of hydrogen-bond acceptors (Lipinski definition) is 7. The number of amides is 1. The van der Waals surface area contributed by atoms with Crippen LogP contribution in [0.3, 0.4) is 0 Å². The van der Waals surface area contributed by atoms with E-state index in [0.29, 0.717) is 39.7 Å². The molecule has 2 aromatic heterocycles. The summed E-state index contributed by atoms with van der Waals surface area (Å²) in [7, 11) is 0. The molecule has 32 heavy (non-hydrogen) atoms. The molecule has 10 nitrogen and oxygen atoms in total. The first-order valence-electron chi connectivity index (χ1n) is 10.5. The summed E-state index contributed by atoms with van der Waals surface area (Å²) < 4.78 is 13.4. The topological polar surface area (TPSA) is 103 Å². The predicted molar refractivity (Wildman–Crippen MR) is 117 cm³/mol. The number of aromatic nitrogens is 4. The van der Waals surface area contributed by atoms with E-state index < -0.39 is 0 Å². The van der Waals surface area contributed by atoms with Gasteiger partial charge in [0.05, 0.1) is 11.0 Å². The van der Waals surface area contributed by atoms with E-state index in [0.717, 1.165) is 25.9 Å². The summed E-state index contributed by atoms with van der Waals surface area (Å²) in [5.74, 6) is 1.51. The van der Waals surface area contributed by atoms with Crippen LogP contribution in [0, 0.1) is 0 Å². The second-order valence-corrected chi connectivity index (χ2v) is 7.83. The maximum atomic E-state index is 13.3. The third-order valence-corrected chi connectivity index (χ3v) is 5.74. The normalized spacial score (nSPS) is 15.1. The second kappa shape index (κ2) is 7.26. The number of para-hydroxylation sites is 2. The number of anilines is 2. The maximum absolute atomic E-state index is 13.3. The highest BCUT2D eigenvalue weighted by Gasteiger charge is 2.23. The van der Waals surface area contributed by atoms with Crippen LogP contribution < -0.4 is 25.4 Å². The lowest BCUT2D eigenvalue weighted by molar-refractivity contribution is -0.117. The van der Waals surface area contributed by atoms with Crippen molar-refractivity contribution in [2.45, 2.75) is 19.4 Å². The molecular formula is C22H20N6O4. The third-order valence-electron chi connectivity index (χ3n) is 5.74. The molecule has 0 unspecified atom stereocenters. The Morgan fingerprint density at radius 1 is 1.06 bits per heavy atom. The SMILES string of the molecule is O=C(Cn1nc2c(N3CCCC3)nc3ccccc3n2c1=O)Nc1ccc2c(c1)OCO2. The first-order chi connectivity index (χ1) is 15.7. The molecule has 0 aliphatic carbocycles. The van der Waals surface area contributed by atoms with E-state index in [1.165, 1.54) is 4.68 Å². The zero-order valence-electron chi connectivity index (χ0n) is 17.2. The van der Waals surface area contributed by atoms with Crippen molar-refractivity contribution in [1.82, 2.24) is 19.2 Å². The minimum Gasteiger partial charge on any atom is -0.454 e. The molecule has 1 N–H and O–H groups in total. The Morgan fingerprint density at radius 3 is 2.75 bits per heavy atom. The molecule has 2 aliphatic heterocycles. The van der Waals surface area contributed by atoms with E-state index in [2.05, 4.69) is 15.3 Å². The molecule has 0 spiro atoms. The molecule has 162 valence electrons. The molecule has 1 fully saturated rings. The fourth-order valence-corrected chi connectivity index (χ4v) is 4.24. The summed E-state index contributed by atoms with van der Waals surface area (Å²) in [5, 5.41) is 7.29. The lowest BCUT2D eigenvalue weighted by atomic mass is 10.3. The summed E-state index contributed by atoms with van der Waals surface area (Å²) in [4.78, 5) is 32.9. The average molecular weight is 432 g/mol. The molecule has 1 amide bonds. The molecule has 2 aromatic carbocycles. The molecular weight excluding hydrogens is 412 g/mol. The molecule has 0 atom stereocenters. The lowest BCUT2D eigenvalue weighted by Crippen LogP contribution is -2.28. The van der Waals surface area contributed by atoms with Gasteiger partial charge in [-0.05, 0) is 37.1 Å². The van der Waals surface area contributed by atoms with Crippen molar-refractivity contribution in [3.63, 3.8) is 0 Å². The monoisotopic (exact) mass is 432 g/mol. The van der Waals surface area contributed by atoms with Gasteiger partial charge in [-0.15, -0.1) is 5.10 Å². The van der Waals surface area contributed by atoms with Gasteiger partial charge in [-0.2, -0.15) is 0 Å². The smallest absolute Gasteiger partial charge is 0.351 e. The summed E-state index contributed by atoms with van der Waals surface area (Å²) >= 11 is 0. The highest BCUT2D eigenvalue weighted by atomic mass is 16.7. The molecule has 2 aliphatic rings. The van der Waals surface area contributed by atoms with Crippen molar-refractivity contribution in [2.24, 2.45) is 0 Å². The van der Waals surface area contributed by atoms with Crippen LogP contribution in [-0.2, 0) is 11.3 Å². The number of nitrogens with one attached hydrogen (secondary N) is 1. The number of rotatable bonds is 4. The Hall–Kier alpha value is -4.08. The molecule has 0 radical (unpaired) electrons. The van der Waals surface area contributed by atoms with Gasteiger partial charge in [0.15, 0.2) is 17.3 Å². The van der Waals surface area contributed by atoms with Crippen molar-refractivity contribution in [2.75, 3.05) is 30.1 Å². The molecule has 4 aromatic rings. The van der Waals surface area contributed by atoms with E-state index in [1.807, 2.05) is 24.3 Å². The number of carbonyl (C=O) groups is 1. The van der Waals surface area contributed by atoms with Gasteiger partial charge in [0.1, 0.15) is 6.54 Å². The van der Waals surface area contributed by atoms with E-state index in [-0.39, 0.29) is 24.9 Å². The number of ether oxygens (including phenoxy) is 2. The zero-order chi connectivity index (χ0) is 21.7. The van der Waals surface area contributed by atoms with Crippen molar-refractivity contribution < 1.29 is 14.3 Å². The lowest BCUT2D eigenvalue weighted by Gasteiger charge is -2.17. The first kappa shape index (κ1) is 18.7. The number of carbonyl (C=O) groups excluding carboxylic acids is 1. The number of nitrogens with zero attached hydrogens (tertiary/aromatic N) is 5. The van der Waals surface area contributed by atoms with Crippen LogP contribution in [0.4, 0.5) is 11.5 Å². The highest BCUT2D eigenvalue weighted by Crippen LogP contribution is 2.34. The molecule has 0 saturated carbocycles. The minimum absolute atomic E-state index is 0.157. The second-order valence-electron chi connectivity index (χ2n) is 7.83. The minimum atomic E-state index is -0.375.